The minimum absolute atomic E-state index is 0.531. The van der Waals surface area contributed by atoms with Crippen LogP contribution in [0.5, 0.6) is 5.75 Å². The van der Waals surface area contributed by atoms with Gasteiger partial charge in [0.2, 0.25) is 0 Å². The lowest BCUT2D eigenvalue weighted by Crippen LogP contribution is -1.92. The van der Waals surface area contributed by atoms with Crippen LogP contribution in [0, 0.1) is 7.14 Å². The van der Waals surface area contributed by atoms with Crippen LogP contribution < -0.4 is 4.74 Å². The summed E-state index contributed by atoms with van der Waals surface area (Å²) < 4.78 is 7.52. The third-order valence-corrected chi connectivity index (χ3v) is 4.73. The lowest BCUT2D eigenvalue weighted by atomic mass is 10.2. The van der Waals surface area contributed by atoms with Gasteiger partial charge in [-0.05, 0) is 62.9 Å². The maximum absolute atomic E-state index is 5.72. The van der Waals surface area contributed by atoms with Crippen molar-refractivity contribution in [2.24, 2.45) is 0 Å². The highest BCUT2D eigenvalue weighted by Crippen LogP contribution is 2.27. The molecule has 66 valence electrons. The number of halogens is 3. The average molecular weight is 408 g/mol. The molecular formula is C8H7ClI2O. The second-order valence-corrected chi connectivity index (χ2v) is 4.74. The molecule has 0 unspecified atom stereocenters. The van der Waals surface area contributed by atoms with E-state index in [1.54, 1.807) is 7.11 Å². The molecule has 0 atom stereocenters. The molecule has 0 heterocycles. The molecule has 1 nitrogen and oxygen atoms in total. The van der Waals surface area contributed by atoms with Gasteiger partial charge >= 0.3 is 0 Å². The van der Waals surface area contributed by atoms with E-state index in [2.05, 4.69) is 51.2 Å². The smallest absolute Gasteiger partial charge is 0.133 e. The number of alkyl halides is 1. The number of hydrogen-bond donors (Lipinski definition) is 0. The Hall–Kier alpha value is 0.770. The highest BCUT2D eigenvalue weighted by Gasteiger charge is 2.05. The van der Waals surface area contributed by atoms with Crippen LogP contribution in [0.15, 0.2) is 12.1 Å². The van der Waals surface area contributed by atoms with Crippen molar-refractivity contribution >= 4 is 56.8 Å². The molecule has 0 amide bonds. The van der Waals surface area contributed by atoms with Crippen molar-refractivity contribution in [3.05, 3.63) is 24.8 Å². The zero-order valence-electron chi connectivity index (χ0n) is 6.40. The Morgan fingerprint density at radius 2 is 2.08 bits per heavy atom. The molecule has 1 rings (SSSR count). The first-order valence-electron chi connectivity index (χ1n) is 3.27. The normalized spacial score (nSPS) is 10.0. The summed E-state index contributed by atoms with van der Waals surface area (Å²) in [5, 5.41) is 0. The molecule has 0 aromatic heterocycles. The quantitative estimate of drug-likeness (QED) is 0.536. The Labute approximate surface area is 104 Å². The van der Waals surface area contributed by atoms with Crippen molar-refractivity contribution in [3.63, 3.8) is 0 Å². The highest BCUT2D eigenvalue weighted by molar-refractivity contribution is 14.1. The Bertz CT molecular complexity index is 289. The van der Waals surface area contributed by atoms with E-state index in [4.69, 9.17) is 16.3 Å². The number of rotatable bonds is 2. The average Bonchev–Trinajstić information content (AvgIpc) is 2.09. The summed E-state index contributed by atoms with van der Waals surface area (Å²) in [6.45, 7) is 0. The Morgan fingerprint density at radius 1 is 1.42 bits per heavy atom. The summed E-state index contributed by atoms with van der Waals surface area (Å²) in [5.74, 6) is 1.43. The molecule has 0 saturated heterocycles. The number of benzene rings is 1. The maximum atomic E-state index is 5.72. The van der Waals surface area contributed by atoms with Gasteiger partial charge in [0.15, 0.2) is 0 Å². The predicted molar refractivity (Wildman–Crippen MR) is 68.0 cm³/mol. The fraction of sp³-hybridized carbons (Fsp3) is 0.250. The van der Waals surface area contributed by atoms with E-state index in [0.717, 1.165) is 14.9 Å². The molecule has 0 fully saturated rings. The highest BCUT2D eigenvalue weighted by atomic mass is 127. The van der Waals surface area contributed by atoms with Gasteiger partial charge in [-0.15, -0.1) is 11.6 Å². The number of methoxy groups -OCH3 is 1. The van der Waals surface area contributed by atoms with Crippen LogP contribution in [0.2, 0.25) is 0 Å². The maximum Gasteiger partial charge on any atom is 0.133 e. The van der Waals surface area contributed by atoms with Crippen molar-refractivity contribution in [3.8, 4) is 5.75 Å². The van der Waals surface area contributed by atoms with E-state index in [-0.39, 0.29) is 0 Å². The van der Waals surface area contributed by atoms with E-state index >= 15 is 0 Å². The molecule has 0 aliphatic carbocycles. The zero-order valence-corrected chi connectivity index (χ0v) is 11.5. The summed E-state index contributed by atoms with van der Waals surface area (Å²) in [7, 11) is 1.67. The molecule has 0 spiro atoms. The van der Waals surface area contributed by atoms with Crippen molar-refractivity contribution in [2.75, 3.05) is 7.11 Å². The van der Waals surface area contributed by atoms with Gasteiger partial charge in [-0.1, -0.05) is 0 Å². The Balaban J connectivity index is 3.19. The second kappa shape index (κ2) is 4.85. The molecule has 0 aliphatic heterocycles. The Morgan fingerprint density at radius 3 is 2.58 bits per heavy atom. The van der Waals surface area contributed by atoms with Crippen LogP contribution in [0.25, 0.3) is 0 Å². The zero-order chi connectivity index (χ0) is 9.14. The lowest BCUT2D eigenvalue weighted by Gasteiger charge is -2.06. The third-order valence-electron chi connectivity index (χ3n) is 1.43. The summed E-state index contributed by atoms with van der Waals surface area (Å²) in [6.07, 6.45) is 0. The van der Waals surface area contributed by atoms with E-state index in [1.807, 2.05) is 6.07 Å². The molecule has 12 heavy (non-hydrogen) atoms. The predicted octanol–water partition coefficient (Wildman–Crippen LogP) is 3.64. The summed E-state index contributed by atoms with van der Waals surface area (Å²) in [4.78, 5) is 0. The van der Waals surface area contributed by atoms with E-state index in [9.17, 15) is 0 Å². The fourth-order valence-electron chi connectivity index (χ4n) is 0.843. The van der Waals surface area contributed by atoms with Gasteiger partial charge in [-0.3, -0.25) is 0 Å². The minimum atomic E-state index is 0.531. The van der Waals surface area contributed by atoms with Crippen molar-refractivity contribution < 1.29 is 4.74 Å². The molecular weight excluding hydrogens is 401 g/mol. The first-order chi connectivity index (χ1) is 5.69. The van der Waals surface area contributed by atoms with Crippen molar-refractivity contribution in [1.29, 1.82) is 0 Å². The minimum Gasteiger partial charge on any atom is -0.496 e. The fourth-order valence-corrected chi connectivity index (χ4v) is 2.19. The molecule has 0 N–H and O–H groups in total. The first-order valence-corrected chi connectivity index (χ1v) is 5.96. The number of hydrogen-bond acceptors (Lipinski definition) is 1. The van der Waals surface area contributed by atoms with Crippen LogP contribution in [0.4, 0.5) is 0 Å². The largest absolute Gasteiger partial charge is 0.496 e. The van der Waals surface area contributed by atoms with Crippen LogP contribution in [-0.4, -0.2) is 7.11 Å². The van der Waals surface area contributed by atoms with Gasteiger partial charge in [0.25, 0.3) is 0 Å². The van der Waals surface area contributed by atoms with Gasteiger partial charge in [0.1, 0.15) is 5.75 Å². The molecule has 1 aromatic carbocycles. The SMILES string of the molecule is COc1cc(CCl)cc(I)c1I. The van der Waals surface area contributed by atoms with Crippen LogP contribution in [-0.2, 0) is 5.88 Å². The van der Waals surface area contributed by atoms with Gasteiger partial charge in [-0.25, -0.2) is 0 Å². The standard InChI is InChI=1S/C8H7ClI2O/c1-12-7-3-5(4-9)2-6(10)8(7)11/h2-3H,4H2,1H3. The number of ether oxygens (including phenoxy) is 1. The van der Waals surface area contributed by atoms with Crippen LogP contribution in [0.3, 0.4) is 0 Å². The van der Waals surface area contributed by atoms with Crippen molar-refractivity contribution in [1.82, 2.24) is 0 Å². The van der Waals surface area contributed by atoms with E-state index in [0.29, 0.717) is 5.88 Å². The molecule has 0 aliphatic rings. The summed E-state index contributed by atoms with van der Waals surface area (Å²) in [5.41, 5.74) is 1.10. The van der Waals surface area contributed by atoms with Gasteiger partial charge in [0, 0.05) is 9.45 Å². The van der Waals surface area contributed by atoms with Gasteiger partial charge < -0.3 is 4.74 Å². The first kappa shape index (κ1) is 10.8. The topological polar surface area (TPSA) is 9.23 Å². The van der Waals surface area contributed by atoms with Gasteiger partial charge in [-0.2, -0.15) is 0 Å². The lowest BCUT2D eigenvalue weighted by molar-refractivity contribution is 0.411. The Kier molecular flexibility index (Phi) is 4.39. The third kappa shape index (κ3) is 2.38. The van der Waals surface area contributed by atoms with Gasteiger partial charge in [0.05, 0.1) is 10.7 Å². The van der Waals surface area contributed by atoms with Crippen LogP contribution in [0.1, 0.15) is 5.56 Å². The molecule has 4 heteroatoms. The molecule has 0 bridgehead atoms. The molecule has 1 aromatic rings. The van der Waals surface area contributed by atoms with E-state index in [1.165, 1.54) is 3.57 Å². The molecule has 0 saturated carbocycles. The molecule has 0 radical (unpaired) electrons. The monoisotopic (exact) mass is 408 g/mol. The van der Waals surface area contributed by atoms with Crippen LogP contribution >= 0.6 is 56.8 Å². The van der Waals surface area contributed by atoms with Crippen molar-refractivity contribution in [2.45, 2.75) is 5.88 Å². The second-order valence-electron chi connectivity index (χ2n) is 2.23. The van der Waals surface area contributed by atoms with E-state index < -0.39 is 0 Å². The summed E-state index contributed by atoms with van der Waals surface area (Å²) in [6, 6.07) is 4.04. The summed E-state index contributed by atoms with van der Waals surface area (Å²) >= 11 is 10.3.